The van der Waals surface area contributed by atoms with Crippen LogP contribution in [0.1, 0.15) is 22.3 Å². The van der Waals surface area contributed by atoms with Crippen LogP contribution < -0.4 is 10.2 Å². The minimum atomic E-state index is -0.439. The van der Waals surface area contributed by atoms with Gasteiger partial charge in [-0.2, -0.15) is 0 Å². The Morgan fingerprint density at radius 2 is 1.47 bits per heavy atom. The Kier molecular flexibility index (Phi) is 4.96. The van der Waals surface area contributed by atoms with Crippen molar-refractivity contribution >= 4 is 28.8 Å². The molecule has 0 aromatic heterocycles. The summed E-state index contributed by atoms with van der Waals surface area (Å²) in [6.07, 6.45) is 0. The normalized spacial score (nSPS) is 13.9. The summed E-state index contributed by atoms with van der Waals surface area (Å²) in [4.78, 5) is 28.0. The number of amides is 2. The summed E-state index contributed by atoms with van der Waals surface area (Å²) in [6, 6.07) is 18.6. The molecule has 1 N–H and O–H groups in total. The Morgan fingerprint density at radius 1 is 0.767 bits per heavy atom. The number of carbonyl (C=O) groups excluding carboxylic acids is 2. The molecule has 0 radical (unpaired) electrons. The van der Waals surface area contributed by atoms with Crippen LogP contribution >= 0.6 is 0 Å². The lowest BCUT2D eigenvalue weighted by atomic mass is 10.0. The van der Waals surface area contributed by atoms with Gasteiger partial charge in [-0.25, -0.2) is 9.29 Å². The van der Waals surface area contributed by atoms with E-state index in [9.17, 15) is 14.0 Å². The SMILES string of the molecule is Cc1ccc(N2C(=O)C(Nc3ccccc3C)=C(c3ccc(F)cc3)C2=O)cc1C. The Balaban J connectivity index is 1.84. The molecule has 2 amide bonds. The van der Waals surface area contributed by atoms with E-state index in [-0.39, 0.29) is 11.3 Å². The molecular formula is C25H21FN2O2. The van der Waals surface area contributed by atoms with Gasteiger partial charge in [-0.1, -0.05) is 36.4 Å². The molecule has 30 heavy (non-hydrogen) atoms. The number of imide groups is 1. The van der Waals surface area contributed by atoms with E-state index >= 15 is 0 Å². The predicted octanol–water partition coefficient (Wildman–Crippen LogP) is 5.15. The van der Waals surface area contributed by atoms with E-state index in [0.717, 1.165) is 22.4 Å². The quantitative estimate of drug-likeness (QED) is 0.617. The van der Waals surface area contributed by atoms with E-state index in [1.165, 1.54) is 29.2 Å². The Labute approximate surface area is 174 Å². The largest absolute Gasteiger partial charge is 0.350 e. The molecule has 3 aromatic rings. The molecule has 1 aliphatic heterocycles. The van der Waals surface area contributed by atoms with Gasteiger partial charge < -0.3 is 5.32 Å². The molecule has 1 heterocycles. The summed E-state index contributed by atoms with van der Waals surface area (Å²) in [5.41, 5.74) is 5.12. The lowest BCUT2D eigenvalue weighted by Gasteiger charge is -2.17. The van der Waals surface area contributed by atoms with Crippen LogP contribution in [-0.4, -0.2) is 11.8 Å². The first kappa shape index (κ1) is 19.6. The molecule has 0 fully saturated rings. The maximum absolute atomic E-state index is 13.5. The van der Waals surface area contributed by atoms with E-state index in [4.69, 9.17) is 0 Å². The van der Waals surface area contributed by atoms with Crippen LogP contribution in [0.2, 0.25) is 0 Å². The third-order valence-corrected chi connectivity index (χ3v) is 5.37. The first-order chi connectivity index (χ1) is 14.4. The topological polar surface area (TPSA) is 49.4 Å². The van der Waals surface area contributed by atoms with Crippen molar-refractivity contribution < 1.29 is 14.0 Å². The molecule has 5 heteroatoms. The van der Waals surface area contributed by atoms with Crippen molar-refractivity contribution in [3.05, 3.63) is 100 Å². The predicted molar refractivity (Wildman–Crippen MR) is 117 cm³/mol. The number of nitrogens with one attached hydrogen (secondary N) is 1. The molecule has 0 unspecified atom stereocenters. The van der Waals surface area contributed by atoms with Gasteiger partial charge in [0, 0.05) is 5.69 Å². The van der Waals surface area contributed by atoms with Gasteiger partial charge in [0.05, 0.1) is 11.3 Å². The summed E-state index contributed by atoms with van der Waals surface area (Å²) in [7, 11) is 0. The summed E-state index contributed by atoms with van der Waals surface area (Å²) >= 11 is 0. The van der Waals surface area contributed by atoms with E-state index in [1.807, 2.05) is 57.2 Å². The molecule has 0 aliphatic carbocycles. The Morgan fingerprint density at radius 3 is 2.13 bits per heavy atom. The monoisotopic (exact) mass is 400 g/mol. The van der Waals surface area contributed by atoms with Gasteiger partial charge in [0.2, 0.25) is 0 Å². The molecule has 0 spiro atoms. The number of rotatable bonds is 4. The molecule has 0 atom stereocenters. The van der Waals surface area contributed by atoms with Crippen LogP contribution in [0.4, 0.5) is 15.8 Å². The van der Waals surface area contributed by atoms with Crippen LogP contribution in [0.25, 0.3) is 5.57 Å². The van der Waals surface area contributed by atoms with Crippen LogP contribution in [0, 0.1) is 26.6 Å². The van der Waals surface area contributed by atoms with Gasteiger partial charge in [0.25, 0.3) is 11.8 Å². The molecule has 3 aromatic carbocycles. The Hall–Kier alpha value is -3.73. The van der Waals surface area contributed by atoms with Gasteiger partial charge in [-0.15, -0.1) is 0 Å². The molecule has 4 nitrogen and oxygen atoms in total. The number of halogens is 1. The number of anilines is 2. The highest BCUT2D eigenvalue weighted by molar-refractivity contribution is 6.46. The van der Waals surface area contributed by atoms with Crippen molar-refractivity contribution in [2.45, 2.75) is 20.8 Å². The van der Waals surface area contributed by atoms with Crippen LogP contribution in [-0.2, 0) is 9.59 Å². The maximum atomic E-state index is 13.5. The highest BCUT2D eigenvalue weighted by Crippen LogP contribution is 2.34. The van der Waals surface area contributed by atoms with Crippen molar-refractivity contribution in [3.63, 3.8) is 0 Å². The van der Waals surface area contributed by atoms with E-state index < -0.39 is 17.6 Å². The van der Waals surface area contributed by atoms with Crippen LogP contribution in [0.3, 0.4) is 0 Å². The summed E-state index contributed by atoms with van der Waals surface area (Å²) in [5, 5.41) is 3.15. The van der Waals surface area contributed by atoms with Crippen molar-refractivity contribution in [2.75, 3.05) is 10.2 Å². The van der Waals surface area contributed by atoms with Crippen molar-refractivity contribution in [1.29, 1.82) is 0 Å². The third kappa shape index (κ3) is 3.39. The smallest absolute Gasteiger partial charge is 0.282 e. The fourth-order valence-corrected chi connectivity index (χ4v) is 3.48. The number of benzene rings is 3. The maximum Gasteiger partial charge on any atom is 0.282 e. The van der Waals surface area contributed by atoms with Crippen LogP contribution in [0.15, 0.2) is 72.4 Å². The molecule has 0 bridgehead atoms. The molecule has 1 aliphatic rings. The van der Waals surface area contributed by atoms with Gasteiger partial charge in [-0.05, 0) is 73.4 Å². The summed E-state index contributed by atoms with van der Waals surface area (Å²) in [5.74, 6) is -1.28. The Bertz CT molecular complexity index is 1200. The first-order valence-electron chi connectivity index (χ1n) is 9.65. The lowest BCUT2D eigenvalue weighted by molar-refractivity contribution is -0.120. The van der Waals surface area contributed by atoms with E-state index in [2.05, 4.69) is 5.32 Å². The van der Waals surface area contributed by atoms with E-state index in [1.54, 1.807) is 6.07 Å². The number of aryl methyl sites for hydroxylation is 3. The number of para-hydroxylation sites is 1. The molecule has 0 saturated carbocycles. The molecular weight excluding hydrogens is 379 g/mol. The fourth-order valence-electron chi connectivity index (χ4n) is 3.48. The average molecular weight is 400 g/mol. The zero-order chi connectivity index (χ0) is 21.4. The number of hydrogen-bond donors (Lipinski definition) is 1. The number of carbonyl (C=O) groups is 2. The second-order valence-corrected chi connectivity index (χ2v) is 7.41. The van der Waals surface area contributed by atoms with Crippen LogP contribution in [0.5, 0.6) is 0 Å². The zero-order valence-electron chi connectivity index (χ0n) is 17.0. The standard InChI is InChI=1S/C25H21FN2O2/c1-15-8-13-20(14-17(15)3)28-24(29)22(18-9-11-19(26)12-10-18)23(25(28)30)27-21-7-5-4-6-16(21)2/h4-14,27H,1-3H3. The fraction of sp³-hybridized carbons (Fsp3) is 0.120. The number of hydrogen-bond acceptors (Lipinski definition) is 3. The average Bonchev–Trinajstić information content (AvgIpc) is 2.96. The molecule has 150 valence electrons. The third-order valence-electron chi connectivity index (χ3n) is 5.37. The van der Waals surface area contributed by atoms with Gasteiger partial charge in [-0.3, -0.25) is 9.59 Å². The first-order valence-corrected chi connectivity index (χ1v) is 9.65. The highest BCUT2D eigenvalue weighted by atomic mass is 19.1. The van der Waals surface area contributed by atoms with Gasteiger partial charge in [0.15, 0.2) is 0 Å². The second kappa shape index (κ2) is 7.59. The summed E-state index contributed by atoms with van der Waals surface area (Å²) in [6.45, 7) is 5.83. The van der Waals surface area contributed by atoms with Crippen molar-refractivity contribution in [2.24, 2.45) is 0 Å². The van der Waals surface area contributed by atoms with E-state index in [0.29, 0.717) is 11.3 Å². The number of nitrogens with zero attached hydrogens (tertiary/aromatic N) is 1. The second-order valence-electron chi connectivity index (χ2n) is 7.41. The highest BCUT2D eigenvalue weighted by Gasteiger charge is 2.40. The van der Waals surface area contributed by atoms with Crippen molar-refractivity contribution in [1.82, 2.24) is 0 Å². The summed E-state index contributed by atoms with van der Waals surface area (Å²) < 4.78 is 13.5. The minimum Gasteiger partial charge on any atom is -0.350 e. The van der Waals surface area contributed by atoms with Gasteiger partial charge in [0.1, 0.15) is 11.5 Å². The molecule has 0 saturated heterocycles. The van der Waals surface area contributed by atoms with Gasteiger partial charge >= 0.3 is 0 Å². The molecule has 4 rings (SSSR count). The lowest BCUT2D eigenvalue weighted by Crippen LogP contribution is -2.32. The zero-order valence-corrected chi connectivity index (χ0v) is 17.0. The minimum absolute atomic E-state index is 0.180. The van der Waals surface area contributed by atoms with Crippen molar-refractivity contribution in [3.8, 4) is 0 Å².